The Morgan fingerprint density at radius 3 is 2.95 bits per heavy atom. The number of sulfone groups is 1. The van der Waals surface area contributed by atoms with Crippen LogP contribution in [0.3, 0.4) is 0 Å². The summed E-state index contributed by atoms with van der Waals surface area (Å²) in [6, 6.07) is -0.00614. The van der Waals surface area contributed by atoms with Crippen molar-refractivity contribution in [3.63, 3.8) is 0 Å². The number of hydrogen-bond donors (Lipinski definition) is 1. The molecule has 0 amide bonds. The highest BCUT2D eigenvalue weighted by Gasteiger charge is 2.28. The van der Waals surface area contributed by atoms with Gasteiger partial charge in [-0.3, -0.25) is 0 Å². The highest BCUT2D eigenvalue weighted by Crippen LogP contribution is 2.22. The van der Waals surface area contributed by atoms with Crippen molar-refractivity contribution in [2.24, 2.45) is 0 Å². The summed E-state index contributed by atoms with van der Waals surface area (Å²) in [5.74, 6) is 1.88. The molecule has 0 aromatic carbocycles. The Morgan fingerprint density at radius 2 is 2.25 bits per heavy atom. The van der Waals surface area contributed by atoms with Gasteiger partial charge in [-0.2, -0.15) is 4.98 Å². The molecule has 0 bridgehead atoms. The zero-order chi connectivity index (χ0) is 14.0. The molecule has 2 unspecified atom stereocenters. The molecule has 2 atom stereocenters. The molecular formula is C12H19N3O4S. The maximum atomic E-state index is 11.4. The van der Waals surface area contributed by atoms with Crippen LogP contribution in [0.1, 0.15) is 36.9 Å². The third-order valence-corrected chi connectivity index (χ3v) is 5.55. The molecule has 3 rings (SSSR count). The van der Waals surface area contributed by atoms with Crippen molar-refractivity contribution >= 4 is 9.84 Å². The topological polar surface area (TPSA) is 94.3 Å². The molecule has 1 N–H and O–H groups in total. The molecule has 20 heavy (non-hydrogen) atoms. The first-order valence-electron chi connectivity index (χ1n) is 6.96. The fourth-order valence-electron chi connectivity index (χ4n) is 2.64. The van der Waals surface area contributed by atoms with Gasteiger partial charge >= 0.3 is 0 Å². The van der Waals surface area contributed by atoms with Gasteiger partial charge in [0.25, 0.3) is 0 Å². The quantitative estimate of drug-likeness (QED) is 0.851. The van der Waals surface area contributed by atoms with E-state index in [9.17, 15) is 8.42 Å². The fraction of sp³-hybridized carbons (Fsp3) is 0.833. The summed E-state index contributed by atoms with van der Waals surface area (Å²) in [4.78, 5) is 4.36. The van der Waals surface area contributed by atoms with E-state index in [2.05, 4.69) is 15.5 Å². The van der Waals surface area contributed by atoms with Crippen LogP contribution in [0.25, 0.3) is 0 Å². The van der Waals surface area contributed by atoms with E-state index in [-0.39, 0.29) is 23.5 Å². The molecule has 0 aliphatic carbocycles. The molecular weight excluding hydrogens is 282 g/mol. The number of rotatable bonds is 4. The van der Waals surface area contributed by atoms with Crippen LogP contribution in [-0.2, 0) is 21.1 Å². The molecule has 1 aromatic rings. The molecule has 0 spiro atoms. The fourth-order valence-corrected chi connectivity index (χ4v) is 4.35. The first-order chi connectivity index (χ1) is 9.62. The Bertz CT molecular complexity index is 551. The van der Waals surface area contributed by atoms with Gasteiger partial charge in [0.1, 0.15) is 0 Å². The lowest BCUT2D eigenvalue weighted by Gasteiger charge is -2.18. The minimum atomic E-state index is -2.86. The van der Waals surface area contributed by atoms with Crippen LogP contribution in [0.2, 0.25) is 0 Å². The SMILES string of the molecule is O=S1(=O)CCC(NCc2nc(C3CCCOC3)no2)C1. The van der Waals surface area contributed by atoms with Crippen LogP contribution < -0.4 is 5.32 Å². The lowest BCUT2D eigenvalue weighted by molar-refractivity contribution is 0.0773. The summed E-state index contributed by atoms with van der Waals surface area (Å²) in [6.45, 7) is 1.87. The smallest absolute Gasteiger partial charge is 0.240 e. The molecule has 2 aliphatic heterocycles. The van der Waals surface area contributed by atoms with E-state index < -0.39 is 9.84 Å². The van der Waals surface area contributed by atoms with Crippen molar-refractivity contribution in [3.8, 4) is 0 Å². The summed E-state index contributed by atoms with van der Waals surface area (Å²) >= 11 is 0. The van der Waals surface area contributed by atoms with Crippen LogP contribution in [0, 0.1) is 0 Å². The molecule has 112 valence electrons. The molecule has 1 aromatic heterocycles. The molecule has 2 fully saturated rings. The van der Waals surface area contributed by atoms with E-state index in [0.717, 1.165) is 19.4 Å². The second kappa shape index (κ2) is 5.79. The lowest BCUT2D eigenvalue weighted by atomic mass is 10.0. The lowest BCUT2D eigenvalue weighted by Crippen LogP contribution is -2.29. The van der Waals surface area contributed by atoms with E-state index in [1.54, 1.807) is 0 Å². The predicted molar refractivity (Wildman–Crippen MR) is 71.0 cm³/mol. The Labute approximate surface area is 118 Å². The Hall–Kier alpha value is -0.990. The van der Waals surface area contributed by atoms with Crippen molar-refractivity contribution in [1.82, 2.24) is 15.5 Å². The maximum Gasteiger partial charge on any atom is 0.240 e. The second-order valence-electron chi connectivity index (χ2n) is 5.44. The first-order valence-corrected chi connectivity index (χ1v) is 8.78. The van der Waals surface area contributed by atoms with Gasteiger partial charge in [0.15, 0.2) is 15.7 Å². The minimum Gasteiger partial charge on any atom is -0.381 e. The van der Waals surface area contributed by atoms with Crippen LogP contribution in [0.4, 0.5) is 0 Å². The van der Waals surface area contributed by atoms with Gasteiger partial charge in [0, 0.05) is 18.6 Å². The van der Waals surface area contributed by atoms with Crippen LogP contribution in [0.5, 0.6) is 0 Å². The van der Waals surface area contributed by atoms with Gasteiger partial charge in [-0.15, -0.1) is 0 Å². The normalized spacial score (nSPS) is 29.6. The highest BCUT2D eigenvalue weighted by atomic mass is 32.2. The van der Waals surface area contributed by atoms with Crippen molar-refractivity contribution in [1.29, 1.82) is 0 Å². The van der Waals surface area contributed by atoms with E-state index in [4.69, 9.17) is 9.26 Å². The van der Waals surface area contributed by atoms with E-state index in [0.29, 0.717) is 31.3 Å². The summed E-state index contributed by atoms with van der Waals surface area (Å²) in [5.41, 5.74) is 0. The molecule has 0 saturated carbocycles. The van der Waals surface area contributed by atoms with Gasteiger partial charge in [-0.25, -0.2) is 8.42 Å². The summed E-state index contributed by atoms with van der Waals surface area (Å²) < 4.78 is 33.3. The predicted octanol–water partition coefficient (Wildman–Crippen LogP) is 0.240. The number of hydrogen-bond acceptors (Lipinski definition) is 7. The Balaban J connectivity index is 1.52. The second-order valence-corrected chi connectivity index (χ2v) is 7.67. The van der Waals surface area contributed by atoms with Crippen LogP contribution in [-0.4, -0.2) is 49.3 Å². The van der Waals surface area contributed by atoms with Gasteiger partial charge in [-0.05, 0) is 19.3 Å². The van der Waals surface area contributed by atoms with Crippen molar-refractivity contribution in [3.05, 3.63) is 11.7 Å². The molecule has 2 aliphatic rings. The zero-order valence-electron chi connectivity index (χ0n) is 11.2. The first kappa shape index (κ1) is 14.0. The van der Waals surface area contributed by atoms with Crippen LogP contribution >= 0.6 is 0 Å². The third-order valence-electron chi connectivity index (χ3n) is 3.78. The standard InChI is InChI=1S/C12H19N3O4S/c16-20(17)5-3-10(8-20)13-6-11-14-12(15-19-11)9-2-1-4-18-7-9/h9-10,13H,1-8H2. The van der Waals surface area contributed by atoms with Crippen molar-refractivity contribution in [2.45, 2.75) is 37.8 Å². The summed E-state index contributed by atoms with van der Waals surface area (Å²) in [7, 11) is -2.86. The number of aromatic nitrogens is 2. The number of ether oxygens (including phenoxy) is 1. The van der Waals surface area contributed by atoms with E-state index in [1.807, 2.05) is 0 Å². The largest absolute Gasteiger partial charge is 0.381 e. The zero-order valence-corrected chi connectivity index (χ0v) is 12.1. The van der Waals surface area contributed by atoms with E-state index in [1.165, 1.54) is 0 Å². The van der Waals surface area contributed by atoms with Gasteiger partial charge < -0.3 is 14.6 Å². The molecule has 3 heterocycles. The van der Waals surface area contributed by atoms with E-state index >= 15 is 0 Å². The summed E-state index contributed by atoms with van der Waals surface area (Å²) in [5, 5.41) is 7.15. The highest BCUT2D eigenvalue weighted by molar-refractivity contribution is 7.91. The number of nitrogens with one attached hydrogen (secondary N) is 1. The minimum absolute atomic E-state index is 0.00614. The molecule has 2 saturated heterocycles. The average Bonchev–Trinajstić information content (AvgIpc) is 3.04. The maximum absolute atomic E-state index is 11.4. The third kappa shape index (κ3) is 3.36. The Kier molecular flexibility index (Phi) is 4.04. The summed E-state index contributed by atoms with van der Waals surface area (Å²) in [6.07, 6.45) is 2.69. The average molecular weight is 301 g/mol. The molecule has 0 radical (unpaired) electrons. The Morgan fingerprint density at radius 1 is 1.35 bits per heavy atom. The van der Waals surface area contributed by atoms with Crippen molar-refractivity contribution < 1.29 is 17.7 Å². The molecule has 8 heteroatoms. The van der Waals surface area contributed by atoms with Crippen LogP contribution in [0.15, 0.2) is 4.52 Å². The van der Waals surface area contributed by atoms with Gasteiger partial charge in [0.05, 0.1) is 24.7 Å². The molecule has 7 nitrogen and oxygen atoms in total. The van der Waals surface area contributed by atoms with Gasteiger partial charge in [0.2, 0.25) is 5.89 Å². The van der Waals surface area contributed by atoms with Crippen molar-refractivity contribution in [2.75, 3.05) is 24.7 Å². The monoisotopic (exact) mass is 301 g/mol. The number of nitrogens with zero attached hydrogens (tertiary/aromatic N) is 2. The van der Waals surface area contributed by atoms with Gasteiger partial charge in [-0.1, -0.05) is 5.16 Å².